The molecule has 24 heavy (non-hydrogen) atoms. The number of thiophene rings is 2. The molecule has 3 aromatic rings. The first-order valence-corrected chi connectivity index (χ1v) is 9.29. The van der Waals surface area contributed by atoms with Crippen LogP contribution in [0.3, 0.4) is 0 Å². The van der Waals surface area contributed by atoms with Crippen molar-refractivity contribution in [3.05, 3.63) is 74.6 Å². The van der Waals surface area contributed by atoms with Crippen LogP contribution in [-0.2, 0) is 6.42 Å². The lowest BCUT2D eigenvalue weighted by atomic mass is 10.1. The van der Waals surface area contributed by atoms with Crippen molar-refractivity contribution < 1.29 is 0 Å². The van der Waals surface area contributed by atoms with E-state index in [1.165, 1.54) is 5.56 Å². The average molecular weight is 355 g/mol. The number of hydrogen-bond acceptors (Lipinski definition) is 4. The van der Waals surface area contributed by atoms with E-state index in [2.05, 4.69) is 22.1 Å². The molecule has 122 valence electrons. The van der Waals surface area contributed by atoms with Gasteiger partial charge in [-0.3, -0.25) is 4.99 Å². The molecule has 0 saturated heterocycles. The number of benzene rings is 1. The summed E-state index contributed by atoms with van der Waals surface area (Å²) in [7, 11) is 0. The third-order valence-electron chi connectivity index (χ3n) is 3.42. The van der Waals surface area contributed by atoms with Crippen LogP contribution in [0.5, 0.6) is 0 Å². The number of nitrogens with zero attached hydrogens (tertiary/aromatic N) is 2. The molecule has 0 aliphatic rings. The minimum absolute atomic E-state index is 0.547. The van der Waals surface area contributed by atoms with E-state index >= 15 is 0 Å². The van der Waals surface area contributed by atoms with E-state index in [9.17, 15) is 0 Å². The molecule has 0 radical (unpaired) electrons. The summed E-state index contributed by atoms with van der Waals surface area (Å²) in [5.74, 6) is 1.15. The van der Waals surface area contributed by atoms with Crippen molar-refractivity contribution in [1.29, 1.82) is 0 Å². The summed E-state index contributed by atoms with van der Waals surface area (Å²) in [6.07, 6.45) is 0.844. The summed E-state index contributed by atoms with van der Waals surface area (Å²) in [4.78, 5) is 10.9. The SMILES string of the molecule is NC(=NCCc1ccc(N=C(N)c2cccs2)cc1)c1cccs1. The molecule has 0 atom stereocenters. The van der Waals surface area contributed by atoms with Gasteiger partial charge in [-0.1, -0.05) is 24.3 Å². The fraction of sp³-hybridized carbons (Fsp3) is 0.111. The van der Waals surface area contributed by atoms with E-state index in [-0.39, 0.29) is 0 Å². The van der Waals surface area contributed by atoms with Crippen LogP contribution in [0.25, 0.3) is 0 Å². The van der Waals surface area contributed by atoms with Gasteiger partial charge in [0, 0.05) is 6.54 Å². The Hall–Kier alpha value is -2.44. The van der Waals surface area contributed by atoms with Gasteiger partial charge in [0.05, 0.1) is 15.4 Å². The van der Waals surface area contributed by atoms with E-state index < -0.39 is 0 Å². The second-order valence-electron chi connectivity index (χ2n) is 5.14. The monoisotopic (exact) mass is 354 g/mol. The minimum atomic E-state index is 0.547. The summed E-state index contributed by atoms with van der Waals surface area (Å²) in [6, 6.07) is 15.9. The van der Waals surface area contributed by atoms with Crippen molar-refractivity contribution >= 4 is 40.0 Å². The van der Waals surface area contributed by atoms with Gasteiger partial charge < -0.3 is 11.5 Å². The summed E-state index contributed by atoms with van der Waals surface area (Å²) in [6.45, 7) is 0.670. The van der Waals surface area contributed by atoms with Crippen molar-refractivity contribution in [2.75, 3.05) is 6.54 Å². The Bertz CT molecular complexity index is 817. The molecule has 1 aromatic carbocycles. The smallest absolute Gasteiger partial charge is 0.141 e. The average Bonchev–Trinajstić information content (AvgIpc) is 3.30. The molecule has 3 rings (SSSR count). The molecule has 2 heterocycles. The van der Waals surface area contributed by atoms with E-state index in [4.69, 9.17) is 11.5 Å². The molecular formula is C18H18N4S2. The van der Waals surface area contributed by atoms with Crippen LogP contribution in [0.15, 0.2) is 69.3 Å². The third-order valence-corrected chi connectivity index (χ3v) is 5.20. The number of hydrogen-bond donors (Lipinski definition) is 2. The molecule has 0 fully saturated rings. The number of nitrogens with two attached hydrogens (primary N) is 2. The highest BCUT2D eigenvalue weighted by atomic mass is 32.1. The van der Waals surface area contributed by atoms with Gasteiger partial charge in [-0.2, -0.15) is 0 Å². The molecule has 0 spiro atoms. The van der Waals surface area contributed by atoms with Gasteiger partial charge in [-0.15, -0.1) is 22.7 Å². The Labute approximate surface area is 149 Å². The zero-order valence-electron chi connectivity index (χ0n) is 13.1. The molecule has 4 nitrogen and oxygen atoms in total. The van der Waals surface area contributed by atoms with Crippen molar-refractivity contribution in [2.24, 2.45) is 21.5 Å². The van der Waals surface area contributed by atoms with Crippen LogP contribution in [0, 0.1) is 0 Å². The first-order chi connectivity index (χ1) is 11.7. The maximum atomic E-state index is 6.00. The topological polar surface area (TPSA) is 76.8 Å². The molecule has 2 aromatic heterocycles. The summed E-state index contributed by atoms with van der Waals surface area (Å²) < 4.78 is 0. The highest BCUT2D eigenvalue weighted by Crippen LogP contribution is 2.16. The molecular weight excluding hydrogens is 336 g/mol. The Balaban J connectivity index is 1.59. The predicted molar refractivity (Wildman–Crippen MR) is 105 cm³/mol. The van der Waals surface area contributed by atoms with Crippen molar-refractivity contribution in [2.45, 2.75) is 6.42 Å². The fourth-order valence-electron chi connectivity index (χ4n) is 2.16. The van der Waals surface area contributed by atoms with Gasteiger partial charge in [0.15, 0.2) is 0 Å². The van der Waals surface area contributed by atoms with Crippen LogP contribution in [0.1, 0.15) is 15.3 Å². The van der Waals surface area contributed by atoms with Crippen molar-refractivity contribution in [1.82, 2.24) is 0 Å². The molecule has 0 saturated carbocycles. The van der Waals surface area contributed by atoms with E-state index in [0.29, 0.717) is 18.2 Å². The molecule has 0 aliphatic carbocycles. The minimum Gasteiger partial charge on any atom is -0.383 e. The second-order valence-corrected chi connectivity index (χ2v) is 7.03. The van der Waals surface area contributed by atoms with E-state index in [1.807, 2.05) is 47.2 Å². The van der Waals surface area contributed by atoms with Crippen LogP contribution in [-0.4, -0.2) is 18.2 Å². The lowest BCUT2D eigenvalue weighted by molar-refractivity contribution is 0.966. The van der Waals surface area contributed by atoms with E-state index in [1.54, 1.807) is 22.7 Å². The highest BCUT2D eigenvalue weighted by molar-refractivity contribution is 7.12. The van der Waals surface area contributed by atoms with Crippen LogP contribution < -0.4 is 11.5 Å². The van der Waals surface area contributed by atoms with Gasteiger partial charge >= 0.3 is 0 Å². The van der Waals surface area contributed by atoms with Crippen LogP contribution in [0.2, 0.25) is 0 Å². The van der Waals surface area contributed by atoms with Gasteiger partial charge in [-0.25, -0.2) is 4.99 Å². The van der Waals surface area contributed by atoms with Crippen LogP contribution in [0.4, 0.5) is 5.69 Å². The normalized spacial score (nSPS) is 12.5. The number of aliphatic imine (C=N–C) groups is 2. The fourth-order valence-corrected chi connectivity index (χ4v) is 3.44. The zero-order valence-corrected chi connectivity index (χ0v) is 14.7. The van der Waals surface area contributed by atoms with Gasteiger partial charge in [0.2, 0.25) is 0 Å². The first kappa shape index (κ1) is 16.4. The lowest BCUT2D eigenvalue weighted by Gasteiger charge is -2.02. The van der Waals surface area contributed by atoms with Crippen molar-refractivity contribution in [3.8, 4) is 0 Å². The van der Waals surface area contributed by atoms with Crippen molar-refractivity contribution in [3.63, 3.8) is 0 Å². The quantitative estimate of drug-likeness (QED) is 0.522. The lowest BCUT2D eigenvalue weighted by Crippen LogP contribution is -2.12. The van der Waals surface area contributed by atoms with E-state index in [0.717, 1.165) is 21.9 Å². The summed E-state index contributed by atoms with van der Waals surface area (Å²) in [5.41, 5.74) is 14.0. The Kier molecular flexibility index (Phi) is 5.40. The van der Waals surface area contributed by atoms with Gasteiger partial charge in [0.25, 0.3) is 0 Å². The maximum Gasteiger partial charge on any atom is 0.141 e. The molecule has 0 amide bonds. The predicted octanol–water partition coefficient (Wildman–Crippen LogP) is 3.79. The molecule has 0 bridgehead atoms. The molecule has 0 aliphatic heterocycles. The Morgan fingerprint density at radius 2 is 1.46 bits per heavy atom. The third kappa shape index (κ3) is 4.31. The Morgan fingerprint density at radius 1 is 0.833 bits per heavy atom. The number of amidine groups is 2. The zero-order chi connectivity index (χ0) is 16.8. The second kappa shape index (κ2) is 7.90. The summed E-state index contributed by atoms with van der Waals surface area (Å²) in [5, 5.41) is 3.99. The number of rotatable bonds is 6. The largest absolute Gasteiger partial charge is 0.383 e. The van der Waals surface area contributed by atoms with Crippen LogP contribution >= 0.6 is 22.7 Å². The standard InChI is InChI=1S/C18H18N4S2/c19-17(15-3-1-11-23-15)21-10-9-13-5-7-14(8-6-13)22-18(20)16-4-2-12-24-16/h1-8,11-12H,9-10H2,(H2,19,21)(H2,20,22). The molecule has 6 heteroatoms. The highest BCUT2D eigenvalue weighted by Gasteiger charge is 2.01. The molecule has 4 N–H and O–H groups in total. The van der Waals surface area contributed by atoms with Gasteiger partial charge in [0.1, 0.15) is 11.7 Å². The summed E-state index contributed by atoms with van der Waals surface area (Å²) >= 11 is 3.19. The maximum absolute atomic E-state index is 6.00. The first-order valence-electron chi connectivity index (χ1n) is 7.53. The molecule has 0 unspecified atom stereocenters. The van der Waals surface area contributed by atoms with Gasteiger partial charge in [-0.05, 0) is 47.0 Å². The Morgan fingerprint density at radius 3 is 2.04 bits per heavy atom.